The summed E-state index contributed by atoms with van der Waals surface area (Å²) in [6.07, 6.45) is 4.35. The Morgan fingerprint density at radius 3 is 2.40 bits per heavy atom. The van der Waals surface area contributed by atoms with Gasteiger partial charge in [-0.1, -0.05) is 12.8 Å². The summed E-state index contributed by atoms with van der Waals surface area (Å²) in [6, 6.07) is -0.0807. The highest BCUT2D eigenvalue weighted by Gasteiger charge is 2.25. The lowest BCUT2D eigenvalue weighted by Crippen LogP contribution is -2.46. The molecule has 4 nitrogen and oxygen atoms in total. The van der Waals surface area contributed by atoms with Gasteiger partial charge in [0.15, 0.2) is 0 Å². The zero-order chi connectivity index (χ0) is 11.4. The van der Waals surface area contributed by atoms with E-state index in [0.29, 0.717) is 0 Å². The van der Waals surface area contributed by atoms with Crippen LogP contribution in [0.5, 0.6) is 0 Å². The maximum atomic E-state index is 11.6. The summed E-state index contributed by atoms with van der Waals surface area (Å²) in [7, 11) is 1.72. The van der Waals surface area contributed by atoms with Crippen LogP contribution in [0.3, 0.4) is 0 Å². The van der Waals surface area contributed by atoms with E-state index in [1.165, 1.54) is 0 Å². The molecule has 0 aromatic heterocycles. The van der Waals surface area contributed by atoms with Gasteiger partial charge in [-0.25, -0.2) is 4.79 Å². The van der Waals surface area contributed by atoms with E-state index in [2.05, 4.69) is 5.32 Å². The number of carbonyl (C=O) groups excluding carboxylic acids is 2. The molecule has 1 aliphatic rings. The van der Waals surface area contributed by atoms with E-state index >= 15 is 0 Å². The summed E-state index contributed by atoms with van der Waals surface area (Å²) in [5.74, 6) is -0.438. The van der Waals surface area contributed by atoms with Gasteiger partial charge < -0.3 is 4.90 Å². The molecular formula is C10H17ClN2O2. The molecule has 3 amide bonds. The highest BCUT2D eigenvalue weighted by Crippen LogP contribution is 2.22. The SMILES string of the molecule is CC(Cl)C(=O)NC(=O)N(C)C1CCCC1. The summed E-state index contributed by atoms with van der Waals surface area (Å²) >= 11 is 5.55. The molecule has 1 unspecified atom stereocenters. The number of hydrogen-bond acceptors (Lipinski definition) is 2. The molecule has 15 heavy (non-hydrogen) atoms. The molecule has 1 N–H and O–H groups in total. The third kappa shape index (κ3) is 3.38. The van der Waals surface area contributed by atoms with Crippen LogP contribution >= 0.6 is 11.6 Å². The second-order valence-electron chi connectivity index (χ2n) is 3.96. The monoisotopic (exact) mass is 232 g/mol. The van der Waals surface area contributed by atoms with Crippen molar-refractivity contribution in [2.75, 3.05) is 7.05 Å². The van der Waals surface area contributed by atoms with Gasteiger partial charge in [-0.15, -0.1) is 11.6 Å². The van der Waals surface area contributed by atoms with E-state index in [9.17, 15) is 9.59 Å². The van der Waals surface area contributed by atoms with Gasteiger partial charge in [-0.05, 0) is 19.8 Å². The molecule has 0 radical (unpaired) electrons. The van der Waals surface area contributed by atoms with Gasteiger partial charge in [-0.2, -0.15) is 0 Å². The van der Waals surface area contributed by atoms with Crippen molar-refractivity contribution in [1.82, 2.24) is 10.2 Å². The van der Waals surface area contributed by atoms with E-state index < -0.39 is 11.3 Å². The van der Waals surface area contributed by atoms with Crippen LogP contribution in [0.25, 0.3) is 0 Å². The molecule has 0 bridgehead atoms. The van der Waals surface area contributed by atoms with Crippen molar-refractivity contribution in [1.29, 1.82) is 0 Å². The number of nitrogens with one attached hydrogen (secondary N) is 1. The smallest absolute Gasteiger partial charge is 0.324 e. The fourth-order valence-corrected chi connectivity index (χ4v) is 1.80. The van der Waals surface area contributed by atoms with E-state index in [0.717, 1.165) is 25.7 Å². The van der Waals surface area contributed by atoms with Crippen LogP contribution in [0.2, 0.25) is 0 Å². The molecule has 0 aromatic rings. The molecule has 0 aliphatic heterocycles. The second kappa shape index (κ2) is 5.35. The fourth-order valence-electron chi connectivity index (χ4n) is 1.75. The minimum atomic E-state index is -0.675. The fraction of sp³-hybridized carbons (Fsp3) is 0.800. The number of urea groups is 1. The van der Waals surface area contributed by atoms with Gasteiger partial charge in [0.25, 0.3) is 0 Å². The third-order valence-corrected chi connectivity index (χ3v) is 2.98. The largest absolute Gasteiger partial charge is 0.325 e. The van der Waals surface area contributed by atoms with Gasteiger partial charge in [0.05, 0.1) is 0 Å². The molecular weight excluding hydrogens is 216 g/mol. The van der Waals surface area contributed by atoms with E-state index in [4.69, 9.17) is 11.6 Å². The zero-order valence-electron chi connectivity index (χ0n) is 9.12. The molecule has 1 atom stereocenters. The first kappa shape index (κ1) is 12.3. The molecule has 1 aliphatic carbocycles. The summed E-state index contributed by atoms with van der Waals surface area (Å²) < 4.78 is 0. The van der Waals surface area contributed by atoms with Crippen molar-refractivity contribution in [3.8, 4) is 0 Å². The van der Waals surface area contributed by atoms with Crippen LogP contribution in [-0.4, -0.2) is 35.3 Å². The average Bonchev–Trinajstić information content (AvgIpc) is 2.68. The van der Waals surface area contributed by atoms with Crippen LogP contribution in [0, 0.1) is 0 Å². The van der Waals surface area contributed by atoms with Crippen LogP contribution < -0.4 is 5.32 Å². The Morgan fingerprint density at radius 1 is 1.40 bits per heavy atom. The quantitative estimate of drug-likeness (QED) is 0.738. The van der Waals surface area contributed by atoms with E-state index in [-0.39, 0.29) is 12.1 Å². The van der Waals surface area contributed by atoms with E-state index in [1.54, 1.807) is 18.9 Å². The Morgan fingerprint density at radius 2 is 1.93 bits per heavy atom. The molecule has 86 valence electrons. The number of rotatable bonds is 2. The zero-order valence-corrected chi connectivity index (χ0v) is 9.88. The standard InChI is InChI=1S/C10H17ClN2O2/c1-7(11)9(14)12-10(15)13(2)8-5-3-4-6-8/h7-8H,3-6H2,1-2H3,(H,12,14,15). The molecule has 1 saturated carbocycles. The number of amides is 3. The molecule has 5 heteroatoms. The van der Waals surface area contributed by atoms with Gasteiger partial charge >= 0.3 is 6.03 Å². The minimum Gasteiger partial charge on any atom is -0.325 e. The molecule has 1 fully saturated rings. The van der Waals surface area contributed by atoms with Crippen LogP contribution in [0.15, 0.2) is 0 Å². The van der Waals surface area contributed by atoms with Crippen molar-refractivity contribution in [2.24, 2.45) is 0 Å². The molecule has 1 rings (SSSR count). The van der Waals surface area contributed by atoms with Gasteiger partial charge in [0.2, 0.25) is 5.91 Å². The van der Waals surface area contributed by atoms with Crippen LogP contribution in [0.1, 0.15) is 32.6 Å². The Balaban J connectivity index is 2.42. The highest BCUT2D eigenvalue weighted by atomic mass is 35.5. The number of carbonyl (C=O) groups is 2. The van der Waals surface area contributed by atoms with Crippen molar-refractivity contribution in [3.63, 3.8) is 0 Å². The summed E-state index contributed by atoms with van der Waals surface area (Å²) in [5, 5.41) is 1.60. The lowest BCUT2D eigenvalue weighted by atomic mass is 10.2. The topological polar surface area (TPSA) is 49.4 Å². The Bertz CT molecular complexity index is 250. The van der Waals surface area contributed by atoms with E-state index in [1.807, 2.05) is 0 Å². The minimum absolute atomic E-state index is 0.267. The normalized spacial score (nSPS) is 18.6. The van der Waals surface area contributed by atoms with Crippen molar-refractivity contribution < 1.29 is 9.59 Å². The first-order chi connectivity index (χ1) is 7.02. The molecule has 0 saturated heterocycles. The highest BCUT2D eigenvalue weighted by molar-refractivity contribution is 6.31. The first-order valence-electron chi connectivity index (χ1n) is 5.24. The molecule has 0 aromatic carbocycles. The number of imide groups is 1. The maximum Gasteiger partial charge on any atom is 0.324 e. The number of nitrogens with zero attached hydrogens (tertiary/aromatic N) is 1. The van der Waals surface area contributed by atoms with Crippen LogP contribution in [0.4, 0.5) is 4.79 Å². The van der Waals surface area contributed by atoms with Gasteiger partial charge in [0.1, 0.15) is 5.38 Å². The van der Waals surface area contributed by atoms with Crippen molar-refractivity contribution in [3.05, 3.63) is 0 Å². The average molecular weight is 233 g/mol. The number of alkyl halides is 1. The molecule has 0 spiro atoms. The Kier molecular flexibility index (Phi) is 4.39. The predicted molar refractivity (Wildman–Crippen MR) is 58.9 cm³/mol. The summed E-state index contributed by atoms with van der Waals surface area (Å²) in [6.45, 7) is 1.54. The predicted octanol–water partition coefficient (Wildman–Crippen LogP) is 1.72. The van der Waals surface area contributed by atoms with Crippen molar-refractivity contribution in [2.45, 2.75) is 44.0 Å². The lowest BCUT2D eigenvalue weighted by molar-refractivity contribution is -0.119. The van der Waals surface area contributed by atoms with Gasteiger partial charge in [-0.3, -0.25) is 10.1 Å². The lowest BCUT2D eigenvalue weighted by Gasteiger charge is -2.24. The summed E-state index contributed by atoms with van der Waals surface area (Å²) in [4.78, 5) is 24.4. The van der Waals surface area contributed by atoms with Crippen LogP contribution in [-0.2, 0) is 4.79 Å². The maximum absolute atomic E-state index is 11.6. The molecule has 0 heterocycles. The second-order valence-corrected chi connectivity index (χ2v) is 4.61. The third-order valence-electron chi connectivity index (χ3n) is 2.78. The Labute approximate surface area is 95.0 Å². The Hall–Kier alpha value is -0.770. The number of hydrogen-bond donors (Lipinski definition) is 1. The summed E-state index contributed by atoms with van der Waals surface area (Å²) in [5.41, 5.74) is 0. The number of halogens is 1. The van der Waals surface area contributed by atoms with Crippen molar-refractivity contribution >= 4 is 23.5 Å². The first-order valence-corrected chi connectivity index (χ1v) is 5.67. The van der Waals surface area contributed by atoms with Gasteiger partial charge in [0, 0.05) is 13.1 Å².